The maximum Gasteiger partial charge on any atom is 0.311 e. The van der Waals surface area contributed by atoms with Crippen LogP contribution in [0.15, 0.2) is 24.0 Å². The predicted octanol–water partition coefficient (Wildman–Crippen LogP) is 1.33. The second-order valence-corrected chi connectivity index (χ2v) is 6.05. The SMILES string of the molecule is CC(C)=CC[C@]1(C(=O)O)CCCN(C(=O)Cn2nccn2)C1. The van der Waals surface area contributed by atoms with Crippen molar-refractivity contribution in [3.63, 3.8) is 0 Å². The van der Waals surface area contributed by atoms with Crippen molar-refractivity contribution in [1.29, 1.82) is 0 Å². The minimum atomic E-state index is -0.886. The summed E-state index contributed by atoms with van der Waals surface area (Å²) in [6.45, 7) is 4.77. The lowest BCUT2D eigenvalue weighted by molar-refractivity contribution is -0.154. The molecule has 2 rings (SSSR count). The van der Waals surface area contributed by atoms with Gasteiger partial charge in [-0.15, -0.1) is 0 Å². The number of rotatable bonds is 5. The van der Waals surface area contributed by atoms with Crippen molar-refractivity contribution in [3.8, 4) is 0 Å². The molecule has 0 radical (unpaired) electrons. The maximum atomic E-state index is 12.3. The number of aliphatic carboxylic acids is 1. The van der Waals surface area contributed by atoms with Crippen LogP contribution in [0.1, 0.15) is 33.1 Å². The van der Waals surface area contributed by atoms with Gasteiger partial charge < -0.3 is 10.0 Å². The van der Waals surface area contributed by atoms with Gasteiger partial charge >= 0.3 is 5.97 Å². The number of aromatic nitrogens is 3. The van der Waals surface area contributed by atoms with E-state index in [1.807, 2.05) is 19.9 Å². The summed E-state index contributed by atoms with van der Waals surface area (Å²) in [7, 11) is 0. The molecule has 0 aromatic carbocycles. The second-order valence-electron chi connectivity index (χ2n) is 6.05. The number of carboxylic acid groups (broad SMARTS) is 1. The summed E-state index contributed by atoms with van der Waals surface area (Å²) in [4.78, 5) is 27.0. The zero-order valence-electron chi connectivity index (χ0n) is 13.0. The summed E-state index contributed by atoms with van der Waals surface area (Å²) in [6.07, 6.45) is 6.71. The van der Waals surface area contributed by atoms with Crippen LogP contribution >= 0.6 is 0 Å². The number of nitrogens with zero attached hydrogens (tertiary/aromatic N) is 4. The lowest BCUT2D eigenvalue weighted by Crippen LogP contribution is -2.50. The molecular weight excluding hydrogens is 284 g/mol. The zero-order valence-corrected chi connectivity index (χ0v) is 13.0. The molecule has 22 heavy (non-hydrogen) atoms. The molecule has 1 aromatic heterocycles. The first-order chi connectivity index (χ1) is 10.4. The fourth-order valence-corrected chi connectivity index (χ4v) is 2.72. The quantitative estimate of drug-likeness (QED) is 0.829. The molecule has 1 N–H and O–H groups in total. The highest BCUT2D eigenvalue weighted by atomic mass is 16.4. The van der Waals surface area contributed by atoms with Crippen LogP contribution in [0.25, 0.3) is 0 Å². The Morgan fingerprint density at radius 3 is 2.59 bits per heavy atom. The van der Waals surface area contributed by atoms with E-state index < -0.39 is 11.4 Å². The van der Waals surface area contributed by atoms with E-state index in [4.69, 9.17) is 0 Å². The van der Waals surface area contributed by atoms with Gasteiger partial charge in [0, 0.05) is 13.1 Å². The van der Waals surface area contributed by atoms with Gasteiger partial charge in [-0.1, -0.05) is 11.6 Å². The number of hydrogen-bond acceptors (Lipinski definition) is 4. The zero-order chi connectivity index (χ0) is 16.2. The molecule has 0 spiro atoms. The van der Waals surface area contributed by atoms with Gasteiger partial charge in [0.15, 0.2) is 0 Å². The van der Waals surface area contributed by atoms with E-state index in [-0.39, 0.29) is 19.0 Å². The molecule has 120 valence electrons. The number of hydrogen-bond donors (Lipinski definition) is 1. The average molecular weight is 306 g/mol. The number of piperidine rings is 1. The van der Waals surface area contributed by atoms with Crippen LogP contribution in [0.3, 0.4) is 0 Å². The van der Waals surface area contributed by atoms with Crippen molar-refractivity contribution in [2.75, 3.05) is 13.1 Å². The first-order valence-electron chi connectivity index (χ1n) is 7.42. The van der Waals surface area contributed by atoms with Crippen LogP contribution < -0.4 is 0 Å². The summed E-state index contributed by atoms with van der Waals surface area (Å²) >= 11 is 0. The normalized spacial score (nSPS) is 21.5. The number of likely N-dealkylation sites (tertiary alicyclic amines) is 1. The Labute approximate surface area is 129 Å². The third-order valence-electron chi connectivity index (χ3n) is 4.03. The average Bonchev–Trinajstić information content (AvgIpc) is 2.98. The minimum absolute atomic E-state index is 0.0470. The molecular formula is C15H22N4O3. The summed E-state index contributed by atoms with van der Waals surface area (Å²) in [5.74, 6) is -0.974. The Balaban J connectivity index is 2.09. The standard InChI is InChI=1S/C15H22N4O3/c1-12(2)4-6-15(14(21)22)5-3-9-18(11-15)13(20)10-19-16-7-8-17-19/h4,7-8H,3,5-6,9-11H2,1-2H3,(H,21,22)/t15-/m1/s1. The highest BCUT2D eigenvalue weighted by Gasteiger charge is 2.42. The molecule has 1 fully saturated rings. The van der Waals surface area contributed by atoms with Crippen molar-refractivity contribution in [1.82, 2.24) is 19.9 Å². The van der Waals surface area contributed by atoms with E-state index in [9.17, 15) is 14.7 Å². The third-order valence-corrected chi connectivity index (χ3v) is 4.03. The van der Waals surface area contributed by atoms with Gasteiger partial charge in [0.2, 0.25) is 5.91 Å². The van der Waals surface area contributed by atoms with Crippen molar-refractivity contribution >= 4 is 11.9 Å². The minimum Gasteiger partial charge on any atom is -0.481 e. The largest absolute Gasteiger partial charge is 0.481 e. The highest BCUT2D eigenvalue weighted by molar-refractivity contribution is 5.79. The lowest BCUT2D eigenvalue weighted by Gasteiger charge is -2.39. The van der Waals surface area contributed by atoms with Gasteiger partial charge in [0.25, 0.3) is 0 Å². The molecule has 1 saturated heterocycles. The van der Waals surface area contributed by atoms with E-state index in [1.165, 1.54) is 17.2 Å². The third kappa shape index (κ3) is 3.72. The number of amides is 1. The molecule has 1 atom stereocenters. The molecule has 7 heteroatoms. The molecule has 1 aliphatic heterocycles. The molecule has 1 aromatic rings. The van der Waals surface area contributed by atoms with Crippen LogP contribution in [-0.2, 0) is 16.1 Å². The van der Waals surface area contributed by atoms with Gasteiger partial charge in [-0.2, -0.15) is 15.0 Å². The van der Waals surface area contributed by atoms with Gasteiger partial charge in [-0.3, -0.25) is 9.59 Å². The molecule has 7 nitrogen and oxygen atoms in total. The van der Waals surface area contributed by atoms with Crippen LogP contribution in [0, 0.1) is 5.41 Å². The number of allylic oxidation sites excluding steroid dienone is 2. The Bertz CT molecular complexity index is 563. The molecule has 0 aliphatic carbocycles. The van der Waals surface area contributed by atoms with E-state index in [2.05, 4.69) is 10.2 Å². The van der Waals surface area contributed by atoms with E-state index in [0.717, 1.165) is 5.57 Å². The van der Waals surface area contributed by atoms with Crippen molar-refractivity contribution in [3.05, 3.63) is 24.0 Å². The monoisotopic (exact) mass is 306 g/mol. The van der Waals surface area contributed by atoms with E-state index in [1.54, 1.807) is 4.90 Å². The number of carboxylic acids is 1. The van der Waals surface area contributed by atoms with E-state index >= 15 is 0 Å². The predicted molar refractivity (Wildman–Crippen MR) is 80.0 cm³/mol. The molecule has 0 saturated carbocycles. The van der Waals surface area contributed by atoms with Crippen LogP contribution in [0.2, 0.25) is 0 Å². The highest BCUT2D eigenvalue weighted by Crippen LogP contribution is 2.35. The molecule has 1 aliphatic rings. The topological polar surface area (TPSA) is 88.3 Å². The van der Waals surface area contributed by atoms with Gasteiger partial charge in [0.05, 0.1) is 17.8 Å². The fourth-order valence-electron chi connectivity index (χ4n) is 2.72. The number of carbonyl (C=O) groups is 2. The Morgan fingerprint density at radius 1 is 1.32 bits per heavy atom. The van der Waals surface area contributed by atoms with Crippen molar-refractivity contribution < 1.29 is 14.7 Å². The van der Waals surface area contributed by atoms with Gasteiger partial charge in [-0.25, -0.2) is 0 Å². The van der Waals surface area contributed by atoms with E-state index in [0.29, 0.717) is 25.8 Å². The second kappa shape index (κ2) is 6.72. The van der Waals surface area contributed by atoms with Crippen molar-refractivity contribution in [2.45, 2.75) is 39.7 Å². The Kier molecular flexibility index (Phi) is 4.95. The first kappa shape index (κ1) is 16.2. The molecule has 2 heterocycles. The summed E-state index contributed by atoms with van der Waals surface area (Å²) in [5.41, 5.74) is 0.202. The van der Waals surface area contributed by atoms with Crippen LogP contribution in [0.5, 0.6) is 0 Å². The Morgan fingerprint density at radius 2 is 2.00 bits per heavy atom. The van der Waals surface area contributed by atoms with Gasteiger partial charge in [0.1, 0.15) is 6.54 Å². The maximum absolute atomic E-state index is 12.3. The molecule has 0 unspecified atom stereocenters. The van der Waals surface area contributed by atoms with Gasteiger partial charge in [-0.05, 0) is 33.1 Å². The smallest absolute Gasteiger partial charge is 0.311 e. The first-order valence-corrected chi connectivity index (χ1v) is 7.42. The summed E-state index contributed by atoms with van der Waals surface area (Å²) < 4.78 is 0. The van der Waals surface area contributed by atoms with Crippen molar-refractivity contribution in [2.24, 2.45) is 5.41 Å². The van der Waals surface area contributed by atoms with Crippen LogP contribution in [0.4, 0.5) is 0 Å². The summed E-state index contributed by atoms with van der Waals surface area (Å²) in [6, 6.07) is 0. The summed E-state index contributed by atoms with van der Waals surface area (Å²) in [5, 5.41) is 17.5. The molecule has 0 bridgehead atoms. The number of carbonyl (C=O) groups excluding carboxylic acids is 1. The van der Waals surface area contributed by atoms with Crippen LogP contribution in [-0.4, -0.2) is 50.0 Å². The Hall–Kier alpha value is -2.18. The fraction of sp³-hybridized carbons (Fsp3) is 0.600. The lowest BCUT2D eigenvalue weighted by atomic mass is 9.76. The molecule has 1 amide bonds.